The molecule has 0 heterocycles. The minimum absolute atomic E-state index is 0.0520. The second kappa shape index (κ2) is 9.38. The maximum atomic E-state index is 11.8. The van der Waals surface area contributed by atoms with Gasteiger partial charge in [0.1, 0.15) is 12.4 Å². The lowest BCUT2D eigenvalue weighted by Crippen LogP contribution is -2.29. The zero-order chi connectivity index (χ0) is 17.4. The monoisotopic (exact) mass is 343 g/mol. The quantitative estimate of drug-likeness (QED) is 0.735. The molecule has 2 rings (SSSR count). The topological polar surface area (TPSA) is 38.3 Å². The van der Waals surface area contributed by atoms with Crippen molar-refractivity contribution in [3.63, 3.8) is 0 Å². The van der Waals surface area contributed by atoms with E-state index in [0.717, 1.165) is 11.5 Å². The molecule has 128 valence electrons. The molecule has 2 aromatic rings. The Morgan fingerprint density at radius 3 is 2.33 bits per heavy atom. The number of hydrogen-bond acceptors (Lipinski definition) is 3. The van der Waals surface area contributed by atoms with Gasteiger partial charge in [-0.1, -0.05) is 35.9 Å². The van der Waals surface area contributed by atoms with Crippen LogP contribution in [0.1, 0.15) is 22.3 Å². The predicted molar refractivity (Wildman–Crippen MR) is 102 cm³/mol. The third-order valence-electron chi connectivity index (χ3n) is 3.51. The normalized spacial score (nSPS) is 10.5. The van der Waals surface area contributed by atoms with Crippen LogP contribution in [0.3, 0.4) is 0 Å². The van der Waals surface area contributed by atoms with Gasteiger partial charge in [-0.3, -0.25) is 4.79 Å². The molecule has 0 radical (unpaired) electrons. The lowest BCUT2D eigenvalue weighted by atomic mass is 10.1. The summed E-state index contributed by atoms with van der Waals surface area (Å²) in [5, 5.41) is 2.89. The molecule has 0 aliphatic rings. The van der Waals surface area contributed by atoms with Crippen molar-refractivity contribution in [2.45, 2.75) is 26.5 Å². The van der Waals surface area contributed by atoms with Gasteiger partial charge in [0, 0.05) is 5.75 Å². The van der Waals surface area contributed by atoms with Crippen LogP contribution in [-0.2, 0) is 10.5 Å². The fraction of sp³-hybridized carbons (Fsp3) is 0.350. The SMILES string of the molecule is Cc1ccc(CSCC(=O)NCCOc2cc(C)cc(C)c2)cc1. The molecule has 24 heavy (non-hydrogen) atoms. The molecule has 0 spiro atoms. The third-order valence-corrected chi connectivity index (χ3v) is 4.51. The molecule has 0 saturated carbocycles. The molecule has 0 saturated heterocycles. The highest BCUT2D eigenvalue weighted by molar-refractivity contribution is 7.99. The fourth-order valence-electron chi connectivity index (χ4n) is 2.37. The van der Waals surface area contributed by atoms with E-state index in [1.807, 2.05) is 26.0 Å². The highest BCUT2D eigenvalue weighted by Gasteiger charge is 2.02. The zero-order valence-corrected chi connectivity index (χ0v) is 15.4. The van der Waals surface area contributed by atoms with E-state index in [2.05, 4.69) is 42.6 Å². The second-order valence-corrected chi connectivity index (χ2v) is 6.99. The standard InChI is InChI=1S/C20H25NO2S/c1-15-4-6-18(7-5-15)13-24-14-20(22)21-8-9-23-19-11-16(2)10-17(3)12-19/h4-7,10-12H,8-9,13-14H2,1-3H3,(H,21,22). The first-order valence-corrected chi connectivity index (χ1v) is 9.29. The summed E-state index contributed by atoms with van der Waals surface area (Å²) in [4.78, 5) is 11.8. The van der Waals surface area contributed by atoms with Crippen LogP contribution in [0.4, 0.5) is 0 Å². The van der Waals surface area contributed by atoms with Crippen molar-refractivity contribution in [3.05, 3.63) is 64.7 Å². The maximum absolute atomic E-state index is 11.8. The number of hydrogen-bond donors (Lipinski definition) is 1. The molecular weight excluding hydrogens is 318 g/mol. The summed E-state index contributed by atoms with van der Waals surface area (Å²) in [7, 11) is 0. The highest BCUT2D eigenvalue weighted by atomic mass is 32.2. The molecule has 0 atom stereocenters. The Morgan fingerprint density at radius 2 is 1.67 bits per heavy atom. The van der Waals surface area contributed by atoms with E-state index in [-0.39, 0.29) is 5.91 Å². The van der Waals surface area contributed by atoms with Gasteiger partial charge in [-0.15, -0.1) is 11.8 Å². The van der Waals surface area contributed by atoms with Crippen LogP contribution in [0.15, 0.2) is 42.5 Å². The number of benzene rings is 2. The molecule has 0 fully saturated rings. The van der Waals surface area contributed by atoms with Crippen molar-refractivity contribution < 1.29 is 9.53 Å². The largest absolute Gasteiger partial charge is 0.492 e. The smallest absolute Gasteiger partial charge is 0.230 e. The molecule has 4 heteroatoms. The lowest BCUT2D eigenvalue weighted by molar-refractivity contribution is -0.118. The Morgan fingerprint density at radius 1 is 1.00 bits per heavy atom. The zero-order valence-electron chi connectivity index (χ0n) is 14.6. The van der Waals surface area contributed by atoms with E-state index in [0.29, 0.717) is 18.9 Å². The predicted octanol–water partition coefficient (Wildman–Crippen LogP) is 4.04. The number of carbonyl (C=O) groups excluding carboxylic acids is 1. The molecule has 0 aromatic heterocycles. The van der Waals surface area contributed by atoms with Crippen molar-refractivity contribution in [1.82, 2.24) is 5.32 Å². The van der Waals surface area contributed by atoms with Gasteiger partial charge in [0.05, 0.1) is 12.3 Å². The summed E-state index contributed by atoms with van der Waals surface area (Å²) in [5.41, 5.74) is 4.87. The van der Waals surface area contributed by atoms with Crippen molar-refractivity contribution in [2.75, 3.05) is 18.9 Å². The van der Waals surface area contributed by atoms with E-state index in [1.54, 1.807) is 11.8 Å². The number of rotatable bonds is 8. The van der Waals surface area contributed by atoms with Gasteiger partial charge in [-0.05, 0) is 49.6 Å². The van der Waals surface area contributed by atoms with Gasteiger partial charge in [-0.25, -0.2) is 0 Å². The van der Waals surface area contributed by atoms with Crippen molar-refractivity contribution in [2.24, 2.45) is 0 Å². The summed E-state index contributed by atoms with van der Waals surface area (Å²) in [6, 6.07) is 14.5. The van der Waals surface area contributed by atoms with Gasteiger partial charge in [-0.2, -0.15) is 0 Å². The molecule has 0 aliphatic carbocycles. The summed E-state index contributed by atoms with van der Waals surface area (Å²) in [6.45, 7) is 7.18. The number of nitrogens with one attached hydrogen (secondary N) is 1. The van der Waals surface area contributed by atoms with Crippen LogP contribution in [0.25, 0.3) is 0 Å². The Hall–Kier alpha value is -1.94. The second-order valence-electron chi connectivity index (χ2n) is 6.00. The van der Waals surface area contributed by atoms with Crippen LogP contribution in [-0.4, -0.2) is 24.8 Å². The molecule has 1 N–H and O–H groups in total. The van der Waals surface area contributed by atoms with Gasteiger partial charge in [0.2, 0.25) is 5.91 Å². The molecule has 0 unspecified atom stereocenters. The number of aryl methyl sites for hydroxylation is 3. The van der Waals surface area contributed by atoms with E-state index < -0.39 is 0 Å². The minimum atomic E-state index is 0.0520. The van der Waals surface area contributed by atoms with Crippen molar-refractivity contribution in [3.8, 4) is 5.75 Å². The average Bonchev–Trinajstić information content (AvgIpc) is 2.53. The summed E-state index contributed by atoms with van der Waals surface area (Å²) in [6.07, 6.45) is 0. The summed E-state index contributed by atoms with van der Waals surface area (Å²) < 4.78 is 5.68. The lowest BCUT2D eigenvalue weighted by Gasteiger charge is -2.09. The first-order valence-electron chi connectivity index (χ1n) is 8.14. The molecule has 2 aromatic carbocycles. The van der Waals surface area contributed by atoms with Crippen molar-refractivity contribution in [1.29, 1.82) is 0 Å². The Kier molecular flexibility index (Phi) is 7.19. The van der Waals surface area contributed by atoms with Gasteiger partial charge >= 0.3 is 0 Å². The number of amides is 1. The van der Waals surface area contributed by atoms with Gasteiger partial charge in [0.25, 0.3) is 0 Å². The van der Waals surface area contributed by atoms with Crippen LogP contribution in [0, 0.1) is 20.8 Å². The van der Waals surface area contributed by atoms with E-state index >= 15 is 0 Å². The third kappa shape index (κ3) is 6.67. The number of thioether (sulfide) groups is 1. The first kappa shape index (κ1) is 18.4. The maximum Gasteiger partial charge on any atom is 0.230 e. The van der Waals surface area contributed by atoms with E-state index in [4.69, 9.17) is 4.74 Å². The molecule has 3 nitrogen and oxygen atoms in total. The molecule has 1 amide bonds. The molecular formula is C20H25NO2S. The van der Waals surface area contributed by atoms with E-state index in [1.165, 1.54) is 22.3 Å². The molecule has 0 aliphatic heterocycles. The van der Waals surface area contributed by atoms with Gasteiger partial charge in [0.15, 0.2) is 0 Å². The van der Waals surface area contributed by atoms with Crippen molar-refractivity contribution >= 4 is 17.7 Å². The number of ether oxygens (including phenoxy) is 1. The Balaban J connectivity index is 1.60. The van der Waals surface area contributed by atoms with Crippen LogP contribution in [0.5, 0.6) is 5.75 Å². The summed E-state index contributed by atoms with van der Waals surface area (Å²) >= 11 is 1.63. The first-order chi connectivity index (χ1) is 11.5. The molecule has 0 bridgehead atoms. The minimum Gasteiger partial charge on any atom is -0.492 e. The Bertz CT molecular complexity index is 648. The summed E-state index contributed by atoms with van der Waals surface area (Å²) in [5.74, 6) is 2.23. The fourth-order valence-corrected chi connectivity index (χ4v) is 3.19. The Labute approximate surface area is 148 Å². The van der Waals surface area contributed by atoms with Gasteiger partial charge < -0.3 is 10.1 Å². The highest BCUT2D eigenvalue weighted by Crippen LogP contribution is 2.16. The van der Waals surface area contributed by atoms with E-state index in [9.17, 15) is 4.79 Å². The average molecular weight is 343 g/mol. The van der Waals surface area contributed by atoms with Crippen LogP contribution >= 0.6 is 11.8 Å². The number of carbonyl (C=O) groups is 1. The van der Waals surface area contributed by atoms with Crippen LogP contribution in [0.2, 0.25) is 0 Å². The van der Waals surface area contributed by atoms with Crippen LogP contribution < -0.4 is 10.1 Å².